The van der Waals surface area contributed by atoms with Gasteiger partial charge in [-0.05, 0) is 36.4 Å². The van der Waals surface area contributed by atoms with Gasteiger partial charge in [-0.2, -0.15) is 4.31 Å². The summed E-state index contributed by atoms with van der Waals surface area (Å²) in [5.41, 5.74) is 0. The molecule has 0 spiro atoms. The molecular weight excluding hydrogens is 366 g/mol. The lowest BCUT2D eigenvalue weighted by Gasteiger charge is -2.29. The average molecular weight is 382 g/mol. The molecule has 0 bridgehead atoms. The first-order chi connectivity index (χ1) is 11.6. The van der Waals surface area contributed by atoms with Crippen LogP contribution in [0.4, 0.5) is 0 Å². The van der Waals surface area contributed by atoms with E-state index in [-0.39, 0.29) is 5.92 Å². The molecule has 3 aromatic heterocycles. The Kier molecular flexibility index (Phi) is 4.25. The number of hydrogen-bond donors (Lipinski definition) is 0. The van der Waals surface area contributed by atoms with Gasteiger partial charge in [0.05, 0.1) is 6.26 Å². The van der Waals surface area contributed by atoms with Crippen molar-refractivity contribution in [2.24, 2.45) is 0 Å². The zero-order valence-corrected chi connectivity index (χ0v) is 15.1. The van der Waals surface area contributed by atoms with Crippen LogP contribution >= 0.6 is 22.7 Å². The molecule has 0 N–H and O–H groups in total. The zero-order valence-electron chi connectivity index (χ0n) is 12.7. The molecule has 6 nitrogen and oxygen atoms in total. The standard InChI is InChI=1S/C15H15N3O3S3/c19-24(20,13-4-2-10-22-13)18-7-5-11(6-8-18)14-16-17-15(23-14)12-3-1-9-21-12/h1-4,9-11H,5-8H2. The maximum atomic E-state index is 12.5. The minimum Gasteiger partial charge on any atom is -0.462 e. The number of piperidine rings is 1. The van der Waals surface area contributed by atoms with Crippen LogP contribution in [0.1, 0.15) is 23.8 Å². The molecule has 0 atom stereocenters. The molecule has 0 unspecified atom stereocenters. The second kappa shape index (κ2) is 6.40. The quantitative estimate of drug-likeness (QED) is 0.692. The highest BCUT2D eigenvalue weighted by Gasteiger charge is 2.31. The maximum absolute atomic E-state index is 12.5. The predicted octanol–water partition coefficient (Wildman–Crippen LogP) is 3.43. The first kappa shape index (κ1) is 15.9. The Hall–Kier alpha value is -1.55. The van der Waals surface area contributed by atoms with Gasteiger partial charge in [0.15, 0.2) is 10.8 Å². The van der Waals surface area contributed by atoms with Gasteiger partial charge in [-0.3, -0.25) is 0 Å². The van der Waals surface area contributed by atoms with Crippen molar-refractivity contribution in [3.05, 3.63) is 40.9 Å². The van der Waals surface area contributed by atoms with Gasteiger partial charge in [-0.1, -0.05) is 17.4 Å². The number of rotatable bonds is 4. The van der Waals surface area contributed by atoms with Crippen LogP contribution in [-0.2, 0) is 10.0 Å². The number of aromatic nitrogens is 2. The monoisotopic (exact) mass is 381 g/mol. The predicted molar refractivity (Wildman–Crippen MR) is 92.7 cm³/mol. The van der Waals surface area contributed by atoms with E-state index in [0.717, 1.165) is 28.6 Å². The summed E-state index contributed by atoms with van der Waals surface area (Å²) in [7, 11) is -3.35. The van der Waals surface area contributed by atoms with Crippen LogP contribution < -0.4 is 0 Å². The fraction of sp³-hybridized carbons (Fsp3) is 0.333. The van der Waals surface area contributed by atoms with Crippen LogP contribution in [0.25, 0.3) is 10.8 Å². The Bertz CT molecular complexity index is 893. The molecule has 1 aliphatic heterocycles. The van der Waals surface area contributed by atoms with E-state index in [2.05, 4.69) is 10.2 Å². The van der Waals surface area contributed by atoms with Gasteiger partial charge in [0.25, 0.3) is 10.0 Å². The number of thiophene rings is 1. The van der Waals surface area contributed by atoms with E-state index in [9.17, 15) is 8.42 Å². The highest BCUT2D eigenvalue weighted by atomic mass is 32.2. The molecule has 1 fully saturated rings. The highest BCUT2D eigenvalue weighted by Crippen LogP contribution is 2.35. The minimum absolute atomic E-state index is 0.251. The SMILES string of the molecule is O=S(=O)(c1cccs1)N1CCC(c2nnc(-c3ccco3)s2)CC1. The van der Waals surface area contributed by atoms with Crippen LogP contribution in [0, 0.1) is 0 Å². The second-order valence-corrected chi connectivity index (χ2v) is 9.65. The summed E-state index contributed by atoms with van der Waals surface area (Å²) >= 11 is 2.78. The number of hydrogen-bond acceptors (Lipinski definition) is 7. The number of furan rings is 1. The number of nitrogens with zero attached hydrogens (tertiary/aromatic N) is 3. The molecule has 3 aromatic rings. The average Bonchev–Trinajstić information content (AvgIpc) is 3.36. The molecule has 0 aromatic carbocycles. The molecule has 0 radical (unpaired) electrons. The van der Waals surface area contributed by atoms with Gasteiger partial charge >= 0.3 is 0 Å². The van der Waals surface area contributed by atoms with Gasteiger partial charge in [0.2, 0.25) is 0 Å². The first-order valence-corrected chi connectivity index (χ1v) is 10.7. The smallest absolute Gasteiger partial charge is 0.252 e. The summed E-state index contributed by atoms with van der Waals surface area (Å²) in [5.74, 6) is 0.970. The van der Waals surface area contributed by atoms with Crippen LogP contribution in [0.5, 0.6) is 0 Å². The molecule has 0 saturated carbocycles. The Morgan fingerprint density at radius 2 is 2.00 bits per heavy atom. The van der Waals surface area contributed by atoms with E-state index in [1.807, 2.05) is 12.1 Å². The van der Waals surface area contributed by atoms with E-state index in [1.54, 1.807) is 28.1 Å². The van der Waals surface area contributed by atoms with Crippen molar-refractivity contribution < 1.29 is 12.8 Å². The summed E-state index contributed by atoms with van der Waals surface area (Å²) < 4.78 is 32.4. The van der Waals surface area contributed by atoms with Crippen molar-refractivity contribution in [2.75, 3.05) is 13.1 Å². The highest BCUT2D eigenvalue weighted by molar-refractivity contribution is 7.91. The van der Waals surface area contributed by atoms with E-state index in [0.29, 0.717) is 17.3 Å². The molecule has 0 aliphatic carbocycles. The third-order valence-corrected chi connectivity index (χ3v) is 8.44. The molecule has 1 saturated heterocycles. The summed E-state index contributed by atoms with van der Waals surface area (Å²) in [6, 6.07) is 7.11. The molecule has 9 heteroatoms. The third kappa shape index (κ3) is 2.92. The van der Waals surface area contributed by atoms with Crippen LogP contribution in [-0.4, -0.2) is 36.0 Å². The fourth-order valence-electron chi connectivity index (χ4n) is 2.78. The van der Waals surface area contributed by atoms with Crippen molar-refractivity contribution in [2.45, 2.75) is 23.0 Å². The molecule has 24 heavy (non-hydrogen) atoms. The maximum Gasteiger partial charge on any atom is 0.252 e. The van der Waals surface area contributed by atoms with Gasteiger partial charge in [-0.15, -0.1) is 21.5 Å². The minimum atomic E-state index is -3.35. The van der Waals surface area contributed by atoms with Gasteiger partial charge in [0.1, 0.15) is 9.22 Å². The van der Waals surface area contributed by atoms with Crippen molar-refractivity contribution in [1.29, 1.82) is 0 Å². The van der Waals surface area contributed by atoms with Crippen molar-refractivity contribution >= 4 is 32.7 Å². The van der Waals surface area contributed by atoms with Gasteiger partial charge < -0.3 is 4.42 Å². The van der Waals surface area contributed by atoms with E-state index < -0.39 is 10.0 Å². The Morgan fingerprint density at radius 3 is 2.67 bits per heavy atom. The van der Waals surface area contributed by atoms with Gasteiger partial charge in [-0.25, -0.2) is 8.42 Å². The van der Waals surface area contributed by atoms with Crippen LogP contribution in [0.15, 0.2) is 44.5 Å². The lowest BCUT2D eigenvalue weighted by Crippen LogP contribution is -2.37. The first-order valence-electron chi connectivity index (χ1n) is 7.55. The fourth-order valence-corrected chi connectivity index (χ4v) is 6.37. The van der Waals surface area contributed by atoms with Crippen LogP contribution in [0.2, 0.25) is 0 Å². The summed E-state index contributed by atoms with van der Waals surface area (Å²) in [6.07, 6.45) is 3.14. The Labute approximate surface area is 147 Å². The molecule has 0 amide bonds. The number of sulfonamides is 1. The van der Waals surface area contributed by atoms with E-state index in [4.69, 9.17) is 4.42 Å². The van der Waals surface area contributed by atoms with Gasteiger partial charge in [0, 0.05) is 19.0 Å². The zero-order chi connectivity index (χ0) is 16.6. The second-order valence-electron chi connectivity index (χ2n) is 5.53. The topological polar surface area (TPSA) is 76.3 Å². The van der Waals surface area contributed by atoms with Crippen molar-refractivity contribution in [3.8, 4) is 10.8 Å². The summed E-state index contributed by atoms with van der Waals surface area (Å²) in [4.78, 5) is 0. The lowest BCUT2D eigenvalue weighted by molar-refractivity contribution is 0.319. The van der Waals surface area contributed by atoms with Crippen LogP contribution in [0.3, 0.4) is 0 Å². The molecule has 1 aliphatic rings. The molecular formula is C15H15N3O3S3. The molecule has 4 heterocycles. The largest absolute Gasteiger partial charge is 0.462 e. The van der Waals surface area contributed by atoms with Crippen molar-refractivity contribution in [3.63, 3.8) is 0 Å². The summed E-state index contributed by atoms with van der Waals surface area (Å²) in [6.45, 7) is 1.03. The lowest BCUT2D eigenvalue weighted by atomic mass is 9.99. The van der Waals surface area contributed by atoms with E-state index >= 15 is 0 Å². The Morgan fingerprint density at radius 1 is 1.17 bits per heavy atom. The Balaban J connectivity index is 1.45. The molecule has 126 valence electrons. The third-order valence-electron chi connectivity index (χ3n) is 4.06. The van der Waals surface area contributed by atoms with E-state index in [1.165, 1.54) is 22.7 Å². The summed E-state index contributed by atoms with van der Waals surface area (Å²) in [5, 5.41) is 12.0. The molecule has 4 rings (SSSR count). The normalized spacial score (nSPS) is 17.3. The van der Waals surface area contributed by atoms with Crippen molar-refractivity contribution in [1.82, 2.24) is 14.5 Å².